The van der Waals surface area contributed by atoms with Gasteiger partial charge in [-0.1, -0.05) is 77.1 Å². The van der Waals surface area contributed by atoms with E-state index < -0.39 is 118 Å². The van der Waals surface area contributed by atoms with Gasteiger partial charge in [0, 0.05) is 32.1 Å². The minimum Gasteiger partial charge on any atom is -0.456 e. The minimum atomic E-state index is -2.41. The van der Waals surface area contributed by atoms with Crippen molar-refractivity contribution in [3.63, 3.8) is 0 Å². The average Bonchev–Trinajstić information content (AvgIpc) is 3.19. The fourth-order valence-corrected chi connectivity index (χ4v) is 10.3. The highest BCUT2D eigenvalue weighted by molar-refractivity contribution is 5.95. The Hall–Kier alpha value is -5.16. The lowest BCUT2D eigenvalue weighted by atomic mass is 9.44. The summed E-state index contributed by atoms with van der Waals surface area (Å²) in [5, 5.41) is 40.4. The minimum absolute atomic E-state index is 0.0128. The summed E-state index contributed by atoms with van der Waals surface area (Å²) in [5.74, 6) is -6.31. The summed E-state index contributed by atoms with van der Waals surface area (Å²) in [7, 11) is 0. The zero-order chi connectivity index (χ0) is 48.4. The second kappa shape index (κ2) is 17.2. The fourth-order valence-electron chi connectivity index (χ4n) is 10.3. The van der Waals surface area contributed by atoms with E-state index in [1.165, 1.54) is 26.0 Å². The number of alkyl carbamates (subject to hydrolysis) is 1. The van der Waals surface area contributed by atoms with Gasteiger partial charge in [0.2, 0.25) is 0 Å². The van der Waals surface area contributed by atoms with E-state index in [0.29, 0.717) is 5.56 Å². The van der Waals surface area contributed by atoms with Crippen molar-refractivity contribution in [2.24, 2.45) is 16.7 Å². The molecule has 2 saturated carbocycles. The molecule has 1 amide bonds. The number of ketones is 1. The van der Waals surface area contributed by atoms with Crippen molar-refractivity contribution in [3.05, 3.63) is 82.4 Å². The molecule has 4 N–H and O–H groups in total. The molecule has 16 nitrogen and oxygen atoms in total. The van der Waals surface area contributed by atoms with Gasteiger partial charge in [0.25, 0.3) is 0 Å². The highest BCUT2D eigenvalue weighted by Crippen LogP contribution is 2.64. The van der Waals surface area contributed by atoms with Crippen LogP contribution in [0.5, 0.6) is 0 Å². The van der Waals surface area contributed by atoms with Crippen molar-refractivity contribution < 1.29 is 72.5 Å². The number of Topliss-reactive ketones (excluding diaryl/α,β-unsaturated/α-hetero) is 1. The van der Waals surface area contributed by atoms with E-state index in [0.717, 1.165) is 19.4 Å². The van der Waals surface area contributed by atoms with Gasteiger partial charge in [0.1, 0.15) is 29.5 Å². The predicted molar refractivity (Wildman–Crippen MR) is 232 cm³/mol. The Morgan fingerprint density at radius 1 is 0.892 bits per heavy atom. The molecule has 0 radical (unpaired) electrons. The molecule has 2 bridgehead atoms. The highest BCUT2D eigenvalue weighted by atomic mass is 16.6. The summed E-state index contributed by atoms with van der Waals surface area (Å²) < 4.78 is 35.9. The molecule has 1 heterocycles. The van der Waals surface area contributed by atoms with Crippen molar-refractivity contribution in [3.8, 4) is 0 Å². The van der Waals surface area contributed by atoms with Crippen LogP contribution in [0.1, 0.15) is 123 Å². The zero-order valence-corrected chi connectivity index (χ0v) is 39.2. The molecular weight excluding hydrogens is 843 g/mol. The molecule has 0 aromatic heterocycles. The fraction of sp³-hybridized carbons (Fsp3) is 0.592. The van der Waals surface area contributed by atoms with Crippen molar-refractivity contribution in [1.82, 2.24) is 5.32 Å². The third kappa shape index (κ3) is 8.82. The standard InChI is InChI=1S/C49H63NO15/c1-25-31(62-42(57)36(54)35(50-43(58)65-45(7,8)9)29-19-16-20-30(21-29)44(4,5)6)23-49(59)40(63-41(56)28-17-14-13-15-18-28)38-47(12,32(53)22-33-48(38,24-60-33)64-27(3)52)39(55)37(61-26(2)51)34(25)46(49,10)11/h13-21,31-33,35-38,40,53-54,59H,22-24H2,1-12H3,(H,50,58)/t31-,32-,33+,35?,36+,37+,38-,40-,47+,48-,49+/m0/s1. The summed E-state index contributed by atoms with van der Waals surface area (Å²) >= 11 is 0. The number of fused-ring (bicyclic) bond motifs is 5. The third-order valence-electron chi connectivity index (χ3n) is 13.8. The normalized spacial score (nSPS) is 31.5. The summed E-state index contributed by atoms with van der Waals surface area (Å²) in [4.78, 5) is 83.8. The maximum Gasteiger partial charge on any atom is 0.408 e. The molecule has 4 aliphatic rings. The number of nitrogens with one attached hydrogen (secondary N) is 1. The van der Waals surface area contributed by atoms with Gasteiger partial charge in [0.15, 0.2) is 23.6 Å². The molecular formula is C49H63NO15. The van der Waals surface area contributed by atoms with Crippen LogP contribution in [0.4, 0.5) is 4.79 Å². The second-order valence-corrected chi connectivity index (χ2v) is 20.6. The number of benzene rings is 2. The first-order chi connectivity index (χ1) is 30.0. The molecule has 65 heavy (non-hydrogen) atoms. The maximum atomic E-state index is 15.6. The number of rotatable bonds is 9. The van der Waals surface area contributed by atoms with Crippen LogP contribution in [0, 0.1) is 16.7 Å². The molecule has 11 atom stereocenters. The van der Waals surface area contributed by atoms with E-state index in [-0.39, 0.29) is 35.2 Å². The Bertz CT molecular complexity index is 2260. The number of carbonyl (C=O) groups excluding carboxylic acids is 6. The first-order valence-corrected chi connectivity index (χ1v) is 21.9. The van der Waals surface area contributed by atoms with Crippen LogP contribution in [0.25, 0.3) is 0 Å². The van der Waals surface area contributed by atoms with Gasteiger partial charge in [-0.05, 0) is 74.4 Å². The predicted octanol–water partition coefficient (Wildman–Crippen LogP) is 5.13. The first-order valence-electron chi connectivity index (χ1n) is 21.9. The van der Waals surface area contributed by atoms with E-state index in [2.05, 4.69) is 5.32 Å². The van der Waals surface area contributed by atoms with Crippen molar-refractivity contribution >= 4 is 35.8 Å². The summed E-state index contributed by atoms with van der Waals surface area (Å²) in [6, 6.07) is 13.4. The van der Waals surface area contributed by atoms with Gasteiger partial charge in [0.05, 0.1) is 35.6 Å². The van der Waals surface area contributed by atoms with Gasteiger partial charge in [-0.15, -0.1) is 0 Å². The van der Waals surface area contributed by atoms with Crippen molar-refractivity contribution in [1.29, 1.82) is 0 Å². The van der Waals surface area contributed by atoms with Gasteiger partial charge in [-0.25, -0.2) is 14.4 Å². The number of hydrogen-bond donors (Lipinski definition) is 4. The van der Waals surface area contributed by atoms with Gasteiger partial charge >= 0.3 is 30.0 Å². The number of aliphatic hydroxyl groups is 3. The maximum absolute atomic E-state index is 15.6. The van der Waals surface area contributed by atoms with Crippen molar-refractivity contribution in [2.75, 3.05) is 6.61 Å². The lowest BCUT2D eigenvalue weighted by Crippen LogP contribution is -2.82. The van der Waals surface area contributed by atoms with Crippen LogP contribution in [0.2, 0.25) is 0 Å². The second-order valence-electron chi connectivity index (χ2n) is 20.6. The molecule has 1 saturated heterocycles. The van der Waals surface area contributed by atoms with E-state index in [9.17, 15) is 39.3 Å². The summed E-state index contributed by atoms with van der Waals surface area (Å²) in [6.07, 6.45) is -11.6. The smallest absolute Gasteiger partial charge is 0.408 e. The Labute approximate surface area is 379 Å². The molecule has 3 aliphatic carbocycles. The molecule has 16 heteroatoms. The molecule has 3 fully saturated rings. The van der Waals surface area contributed by atoms with Gasteiger partial charge in [-0.2, -0.15) is 0 Å². The van der Waals surface area contributed by atoms with E-state index >= 15 is 4.79 Å². The quantitative estimate of drug-likeness (QED) is 0.145. The van der Waals surface area contributed by atoms with E-state index in [1.54, 1.807) is 71.0 Å². The molecule has 1 aliphatic heterocycles. The Balaban J connectivity index is 1.54. The summed E-state index contributed by atoms with van der Waals surface area (Å²) in [5.41, 5.74) is -7.88. The largest absolute Gasteiger partial charge is 0.456 e. The van der Waals surface area contributed by atoms with Gasteiger partial charge in [-0.3, -0.25) is 14.4 Å². The molecule has 1 unspecified atom stereocenters. The van der Waals surface area contributed by atoms with Crippen LogP contribution < -0.4 is 5.32 Å². The van der Waals surface area contributed by atoms with E-state index in [1.807, 2.05) is 26.8 Å². The SMILES string of the molecule is CC(=O)O[C@H]1C(=O)[C@@]2(C)[C@H]([C@H](OC(=O)c3ccccc3)[C@]3(O)C[C@H](OC(=O)[C@H](O)C(NC(=O)OC(C)(C)C)c4cccc(C(C)(C)C)c4)C(C)=C1C3(C)C)[C@]1(OC(C)=O)CO[C@@H]1C[C@@H]2O. The van der Waals surface area contributed by atoms with Gasteiger partial charge < -0.3 is 49.1 Å². The number of esters is 4. The Kier molecular flexibility index (Phi) is 13.1. The monoisotopic (exact) mass is 905 g/mol. The molecule has 2 aromatic rings. The zero-order valence-electron chi connectivity index (χ0n) is 39.2. The average molecular weight is 906 g/mol. The van der Waals surface area contributed by atoms with E-state index in [4.69, 9.17) is 28.4 Å². The molecule has 0 spiro atoms. The number of aliphatic hydroxyl groups excluding tert-OH is 2. The topological polar surface area (TPSA) is 231 Å². The van der Waals surface area contributed by atoms with Crippen LogP contribution >= 0.6 is 0 Å². The number of hydrogen-bond acceptors (Lipinski definition) is 15. The molecule has 2 aromatic carbocycles. The number of carbonyl (C=O) groups is 6. The van der Waals surface area contributed by atoms with Crippen LogP contribution in [0.3, 0.4) is 0 Å². The molecule has 354 valence electrons. The van der Waals surface area contributed by atoms with Crippen LogP contribution in [-0.2, 0) is 53.0 Å². The highest BCUT2D eigenvalue weighted by Gasteiger charge is 2.78. The molecule has 6 rings (SSSR count). The Morgan fingerprint density at radius 3 is 2.09 bits per heavy atom. The summed E-state index contributed by atoms with van der Waals surface area (Å²) in [6.45, 7) is 18.8. The van der Waals surface area contributed by atoms with Crippen LogP contribution in [-0.4, -0.2) is 111 Å². The van der Waals surface area contributed by atoms with Crippen LogP contribution in [0.15, 0.2) is 65.7 Å². The Morgan fingerprint density at radius 2 is 1.54 bits per heavy atom. The number of ether oxygens (including phenoxy) is 6. The first kappa shape index (κ1) is 49.3. The third-order valence-corrected chi connectivity index (χ3v) is 13.8. The number of amides is 1. The van der Waals surface area contributed by atoms with Crippen molar-refractivity contribution in [2.45, 2.75) is 161 Å². The lowest BCUT2D eigenvalue weighted by molar-refractivity contribution is -0.346. The lowest BCUT2D eigenvalue weighted by Gasteiger charge is -2.67.